The van der Waals surface area contributed by atoms with E-state index in [4.69, 9.17) is 0 Å². The van der Waals surface area contributed by atoms with Crippen molar-refractivity contribution in [1.82, 2.24) is 20.1 Å². The van der Waals surface area contributed by atoms with Crippen molar-refractivity contribution in [2.24, 2.45) is 0 Å². The second kappa shape index (κ2) is 18.0. The molecule has 1 unspecified atom stereocenters. The molecule has 0 fully saturated rings. The quantitative estimate of drug-likeness (QED) is 0.144. The standard InChI is InChI=1S/C23H45N5O3S2/c1-4-6-8-10-12-13-15-17-19-20(18-16-14-11-9-7-5-2)24-21(29)26-27-22-25-23(28-32-22)33(3,30)31/h20H,4-19H2,1-3H3,(H2,24,26,29)(H,25,27,28). The van der Waals surface area contributed by atoms with Gasteiger partial charge in [0.15, 0.2) is 0 Å². The number of nitrogens with one attached hydrogen (secondary N) is 3. The molecule has 0 spiro atoms. The number of hydrogen-bond acceptors (Lipinski definition) is 7. The average Bonchev–Trinajstić information content (AvgIpc) is 3.26. The van der Waals surface area contributed by atoms with Gasteiger partial charge in [-0.15, -0.1) is 0 Å². The van der Waals surface area contributed by atoms with Crippen molar-refractivity contribution in [3.63, 3.8) is 0 Å². The van der Waals surface area contributed by atoms with Crippen molar-refractivity contribution >= 4 is 32.5 Å². The molecule has 0 aliphatic rings. The summed E-state index contributed by atoms with van der Waals surface area (Å²) < 4.78 is 26.7. The summed E-state index contributed by atoms with van der Waals surface area (Å²) in [5, 5.41) is 3.07. The van der Waals surface area contributed by atoms with Crippen LogP contribution in [0, 0.1) is 0 Å². The normalized spacial score (nSPS) is 12.5. The Balaban J connectivity index is 2.38. The van der Waals surface area contributed by atoms with Gasteiger partial charge in [-0.05, 0) is 12.8 Å². The molecule has 1 aromatic rings. The fraction of sp³-hybridized carbons (Fsp3) is 0.870. The molecule has 1 aromatic heterocycles. The number of carbonyl (C=O) groups excluding carboxylic acids is 1. The Kier molecular flexibility index (Phi) is 16.1. The Morgan fingerprint density at radius 1 is 0.848 bits per heavy atom. The van der Waals surface area contributed by atoms with E-state index in [1.807, 2.05) is 0 Å². The first-order valence-electron chi connectivity index (χ1n) is 12.7. The van der Waals surface area contributed by atoms with E-state index in [2.05, 4.69) is 39.4 Å². The van der Waals surface area contributed by atoms with Gasteiger partial charge in [0.05, 0.1) is 0 Å². The maximum absolute atomic E-state index is 12.4. The van der Waals surface area contributed by atoms with E-state index in [-0.39, 0.29) is 22.4 Å². The number of amides is 2. The molecular weight excluding hydrogens is 458 g/mol. The third-order valence-corrected chi connectivity index (χ3v) is 7.26. The van der Waals surface area contributed by atoms with E-state index in [0.29, 0.717) is 0 Å². The number of sulfone groups is 1. The predicted octanol–water partition coefficient (Wildman–Crippen LogP) is 6.22. The largest absolute Gasteiger partial charge is 0.334 e. The lowest BCUT2D eigenvalue weighted by Crippen LogP contribution is -2.44. The second-order valence-corrected chi connectivity index (χ2v) is 11.6. The zero-order chi connectivity index (χ0) is 24.4. The molecule has 0 aliphatic heterocycles. The molecule has 0 aromatic carbocycles. The number of aromatic nitrogens is 2. The molecule has 0 radical (unpaired) electrons. The van der Waals surface area contributed by atoms with Crippen LogP contribution in [0.1, 0.15) is 117 Å². The zero-order valence-electron chi connectivity index (χ0n) is 20.8. The average molecular weight is 504 g/mol. The van der Waals surface area contributed by atoms with Gasteiger partial charge in [0, 0.05) is 23.8 Å². The molecule has 2 amide bonds. The minimum Gasteiger partial charge on any atom is -0.334 e. The highest BCUT2D eigenvalue weighted by Crippen LogP contribution is 2.16. The fourth-order valence-corrected chi connectivity index (χ4v) is 5.13. The lowest BCUT2D eigenvalue weighted by Gasteiger charge is -2.19. The van der Waals surface area contributed by atoms with Gasteiger partial charge in [0.2, 0.25) is 15.0 Å². The summed E-state index contributed by atoms with van der Waals surface area (Å²) in [7, 11) is -3.46. The molecule has 1 rings (SSSR count). The van der Waals surface area contributed by atoms with Gasteiger partial charge in [-0.1, -0.05) is 104 Å². The lowest BCUT2D eigenvalue weighted by atomic mass is 10.00. The summed E-state index contributed by atoms with van der Waals surface area (Å²) in [6.45, 7) is 4.46. The van der Waals surface area contributed by atoms with E-state index < -0.39 is 9.84 Å². The topological polar surface area (TPSA) is 113 Å². The maximum Gasteiger partial charge on any atom is 0.333 e. The highest BCUT2D eigenvalue weighted by Gasteiger charge is 2.16. The Morgan fingerprint density at radius 3 is 1.79 bits per heavy atom. The molecule has 8 nitrogen and oxygen atoms in total. The summed E-state index contributed by atoms with van der Waals surface area (Å²) in [5.41, 5.74) is 5.21. The van der Waals surface area contributed by atoms with Crippen molar-refractivity contribution in [3.05, 3.63) is 0 Å². The highest BCUT2D eigenvalue weighted by atomic mass is 32.2. The van der Waals surface area contributed by atoms with Crippen LogP contribution in [0.4, 0.5) is 9.93 Å². The molecule has 1 heterocycles. The molecule has 1 atom stereocenters. The molecule has 0 aliphatic carbocycles. The SMILES string of the molecule is CCCCCCCCCCC(CCCCCCCC)NC(=O)NNc1nc(S(C)(=O)=O)ns1. The number of anilines is 1. The monoisotopic (exact) mass is 503 g/mol. The van der Waals surface area contributed by atoms with Gasteiger partial charge >= 0.3 is 6.03 Å². The second-order valence-electron chi connectivity index (χ2n) is 8.89. The van der Waals surface area contributed by atoms with Crippen LogP contribution in [0.5, 0.6) is 0 Å². The van der Waals surface area contributed by atoms with E-state index in [1.54, 1.807) is 0 Å². The summed E-state index contributed by atoms with van der Waals surface area (Å²) in [4.78, 5) is 16.3. The number of hydrogen-bond donors (Lipinski definition) is 3. The first-order chi connectivity index (χ1) is 15.9. The van der Waals surface area contributed by atoms with Crippen LogP contribution in [0.25, 0.3) is 0 Å². The van der Waals surface area contributed by atoms with Crippen LogP contribution in [0.3, 0.4) is 0 Å². The van der Waals surface area contributed by atoms with Gasteiger partial charge in [0.25, 0.3) is 5.16 Å². The molecule has 10 heteroatoms. The highest BCUT2D eigenvalue weighted by molar-refractivity contribution is 7.90. The van der Waals surface area contributed by atoms with Crippen molar-refractivity contribution in [2.45, 2.75) is 128 Å². The third kappa shape index (κ3) is 15.2. The minimum atomic E-state index is -3.46. The summed E-state index contributed by atoms with van der Waals surface area (Å²) in [6.07, 6.45) is 20.6. The van der Waals surface area contributed by atoms with Crippen molar-refractivity contribution in [1.29, 1.82) is 0 Å². The van der Waals surface area contributed by atoms with E-state index in [9.17, 15) is 13.2 Å². The number of carbonyl (C=O) groups is 1. The Hall–Kier alpha value is -1.42. The van der Waals surface area contributed by atoms with Crippen molar-refractivity contribution < 1.29 is 13.2 Å². The molecular formula is C23H45N5O3S2. The van der Waals surface area contributed by atoms with Gasteiger partial charge in [-0.3, -0.25) is 5.43 Å². The Bertz CT molecular complexity index is 740. The Labute approximate surface area is 205 Å². The first kappa shape index (κ1) is 29.6. The van der Waals surface area contributed by atoms with Crippen molar-refractivity contribution in [2.75, 3.05) is 11.7 Å². The van der Waals surface area contributed by atoms with Crippen LogP contribution in [0.15, 0.2) is 5.16 Å². The van der Waals surface area contributed by atoms with Crippen LogP contribution in [0.2, 0.25) is 0 Å². The van der Waals surface area contributed by atoms with Crippen LogP contribution in [-0.4, -0.2) is 36.1 Å². The smallest absolute Gasteiger partial charge is 0.333 e. The van der Waals surface area contributed by atoms with E-state index >= 15 is 0 Å². The van der Waals surface area contributed by atoms with Gasteiger partial charge in [-0.2, -0.15) is 9.36 Å². The summed E-state index contributed by atoms with van der Waals surface area (Å²) >= 11 is 0.893. The van der Waals surface area contributed by atoms with Crippen LogP contribution >= 0.6 is 11.5 Å². The van der Waals surface area contributed by atoms with Crippen LogP contribution in [-0.2, 0) is 9.84 Å². The number of rotatable bonds is 20. The van der Waals surface area contributed by atoms with Gasteiger partial charge < -0.3 is 5.32 Å². The first-order valence-corrected chi connectivity index (χ1v) is 15.4. The minimum absolute atomic E-state index is 0.138. The van der Waals surface area contributed by atoms with E-state index in [1.165, 1.54) is 77.0 Å². The Morgan fingerprint density at radius 2 is 1.33 bits per heavy atom. The third-order valence-electron chi connectivity index (χ3n) is 5.67. The van der Waals surface area contributed by atoms with Crippen LogP contribution < -0.4 is 16.2 Å². The predicted molar refractivity (Wildman–Crippen MR) is 137 cm³/mol. The molecule has 3 N–H and O–H groups in total. The van der Waals surface area contributed by atoms with Gasteiger partial charge in [0.1, 0.15) is 0 Å². The lowest BCUT2D eigenvalue weighted by molar-refractivity contribution is 0.236. The summed E-state index contributed by atoms with van der Waals surface area (Å²) in [6, 6.07) is -0.194. The fourth-order valence-electron chi connectivity index (χ4n) is 3.73. The number of unbranched alkanes of at least 4 members (excludes halogenated alkanes) is 12. The molecule has 0 bridgehead atoms. The molecule has 192 valence electrons. The van der Waals surface area contributed by atoms with Gasteiger partial charge in [-0.25, -0.2) is 18.6 Å². The zero-order valence-corrected chi connectivity index (χ0v) is 22.5. The van der Waals surface area contributed by atoms with E-state index in [0.717, 1.165) is 43.5 Å². The van der Waals surface area contributed by atoms with Crippen molar-refractivity contribution in [3.8, 4) is 0 Å². The molecule has 0 saturated heterocycles. The number of nitrogens with zero attached hydrogens (tertiary/aromatic N) is 2. The summed E-state index contributed by atoms with van der Waals surface area (Å²) in [5.74, 6) is 0. The molecule has 33 heavy (non-hydrogen) atoms. The number of urea groups is 1. The maximum atomic E-state index is 12.4. The number of hydrazine groups is 1. The molecule has 0 saturated carbocycles.